The SMILES string of the molecule is COc1nc(NC2CCCOC2)ncc1Br. The lowest BCUT2D eigenvalue weighted by atomic mass is 10.1. The van der Waals surface area contributed by atoms with Gasteiger partial charge in [-0.15, -0.1) is 0 Å². The van der Waals surface area contributed by atoms with Crippen molar-refractivity contribution in [1.82, 2.24) is 9.97 Å². The van der Waals surface area contributed by atoms with Crippen LogP contribution in [0.3, 0.4) is 0 Å². The van der Waals surface area contributed by atoms with Gasteiger partial charge in [-0.1, -0.05) is 0 Å². The van der Waals surface area contributed by atoms with E-state index >= 15 is 0 Å². The molecule has 6 heteroatoms. The van der Waals surface area contributed by atoms with Crippen molar-refractivity contribution >= 4 is 21.9 Å². The van der Waals surface area contributed by atoms with Gasteiger partial charge >= 0.3 is 0 Å². The van der Waals surface area contributed by atoms with E-state index in [4.69, 9.17) is 9.47 Å². The molecular formula is C10H14BrN3O2. The maximum Gasteiger partial charge on any atom is 0.232 e. The van der Waals surface area contributed by atoms with Gasteiger partial charge in [-0.25, -0.2) is 4.98 Å². The van der Waals surface area contributed by atoms with Crippen LogP contribution in [-0.4, -0.2) is 36.3 Å². The molecule has 88 valence electrons. The van der Waals surface area contributed by atoms with Crippen molar-refractivity contribution in [3.63, 3.8) is 0 Å². The molecule has 1 aromatic heterocycles. The number of halogens is 1. The van der Waals surface area contributed by atoms with E-state index in [2.05, 4.69) is 31.2 Å². The number of ether oxygens (including phenoxy) is 2. The van der Waals surface area contributed by atoms with Crippen LogP contribution in [0.4, 0.5) is 5.95 Å². The Morgan fingerprint density at radius 1 is 1.62 bits per heavy atom. The number of methoxy groups -OCH3 is 1. The molecule has 0 spiro atoms. The quantitative estimate of drug-likeness (QED) is 0.919. The number of nitrogens with zero attached hydrogens (tertiary/aromatic N) is 2. The summed E-state index contributed by atoms with van der Waals surface area (Å²) < 4.78 is 11.2. The standard InChI is InChI=1S/C10H14BrN3O2/c1-15-9-8(11)5-12-10(14-9)13-7-3-2-4-16-6-7/h5,7H,2-4,6H2,1H3,(H,12,13,14). The molecule has 2 heterocycles. The number of anilines is 1. The Kier molecular flexibility index (Phi) is 3.95. The van der Waals surface area contributed by atoms with E-state index in [0.29, 0.717) is 24.5 Å². The van der Waals surface area contributed by atoms with Gasteiger partial charge in [0.25, 0.3) is 0 Å². The van der Waals surface area contributed by atoms with E-state index in [1.165, 1.54) is 0 Å². The van der Waals surface area contributed by atoms with Gasteiger partial charge in [0.1, 0.15) is 0 Å². The lowest BCUT2D eigenvalue weighted by Crippen LogP contribution is -2.30. The van der Waals surface area contributed by atoms with Gasteiger partial charge in [-0.3, -0.25) is 0 Å². The summed E-state index contributed by atoms with van der Waals surface area (Å²) in [5.74, 6) is 1.12. The highest BCUT2D eigenvalue weighted by Gasteiger charge is 2.15. The van der Waals surface area contributed by atoms with Crippen molar-refractivity contribution in [3.8, 4) is 5.88 Å². The molecule has 5 nitrogen and oxygen atoms in total. The molecule has 1 aliphatic heterocycles. The first kappa shape index (κ1) is 11.6. The van der Waals surface area contributed by atoms with Crippen molar-refractivity contribution in [2.75, 3.05) is 25.6 Å². The van der Waals surface area contributed by atoms with Gasteiger partial charge in [0.15, 0.2) is 0 Å². The Hall–Kier alpha value is -0.880. The van der Waals surface area contributed by atoms with Crippen molar-refractivity contribution in [2.24, 2.45) is 0 Å². The fraction of sp³-hybridized carbons (Fsp3) is 0.600. The third kappa shape index (κ3) is 2.82. The third-order valence-corrected chi connectivity index (χ3v) is 2.94. The highest BCUT2D eigenvalue weighted by atomic mass is 79.9. The Labute approximate surface area is 103 Å². The molecule has 0 aromatic carbocycles. The van der Waals surface area contributed by atoms with Crippen molar-refractivity contribution < 1.29 is 9.47 Å². The van der Waals surface area contributed by atoms with Crippen LogP contribution in [0.2, 0.25) is 0 Å². The maximum atomic E-state index is 5.38. The average molecular weight is 288 g/mol. The summed E-state index contributed by atoms with van der Waals surface area (Å²) in [4.78, 5) is 8.41. The summed E-state index contributed by atoms with van der Waals surface area (Å²) in [5, 5.41) is 3.23. The van der Waals surface area contributed by atoms with Crippen LogP contribution in [0.1, 0.15) is 12.8 Å². The van der Waals surface area contributed by atoms with E-state index in [1.807, 2.05) is 0 Å². The first-order chi connectivity index (χ1) is 7.79. The Morgan fingerprint density at radius 2 is 2.50 bits per heavy atom. The molecule has 1 aromatic rings. The van der Waals surface area contributed by atoms with Gasteiger partial charge in [0, 0.05) is 6.61 Å². The van der Waals surface area contributed by atoms with Crippen LogP contribution in [0.25, 0.3) is 0 Å². The molecular weight excluding hydrogens is 274 g/mol. The molecule has 1 aliphatic rings. The first-order valence-corrected chi connectivity index (χ1v) is 5.99. The fourth-order valence-electron chi connectivity index (χ4n) is 1.60. The van der Waals surface area contributed by atoms with Crippen LogP contribution in [0.5, 0.6) is 5.88 Å². The van der Waals surface area contributed by atoms with Crippen LogP contribution in [0, 0.1) is 0 Å². The highest BCUT2D eigenvalue weighted by Crippen LogP contribution is 2.22. The number of nitrogens with one attached hydrogen (secondary N) is 1. The summed E-state index contributed by atoms with van der Waals surface area (Å²) >= 11 is 3.31. The Bertz CT molecular complexity index is 356. The molecule has 1 saturated heterocycles. The van der Waals surface area contributed by atoms with Crippen LogP contribution < -0.4 is 10.1 Å². The monoisotopic (exact) mass is 287 g/mol. The highest BCUT2D eigenvalue weighted by molar-refractivity contribution is 9.10. The van der Waals surface area contributed by atoms with E-state index in [9.17, 15) is 0 Å². The summed E-state index contributed by atoms with van der Waals surface area (Å²) in [5.41, 5.74) is 0. The smallest absolute Gasteiger partial charge is 0.232 e. The van der Waals surface area contributed by atoms with E-state index in [1.54, 1.807) is 13.3 Å². The number of hydrogen-bond acceptors (Lipinski definition) is 5. The van der Waals surface area contributed by atoms with E-state index in [-0.39, 0.29) is 0 Å². The Morgan fingerprint density at radius 3 is 3.19 bits per heavy atom. The molecule has 1 unspecified atom stereocenters. The minimum Gasteiger partial charge on any atom is -0.480 e. The third-order valence-electron chi connectivity index (χ3n) is 2.40. The second kappa shape index (κ2) is 5.45. The molecule has 0 radical (unpaired) electrons. The average Bonchev–Trinajstić information content (AvgIpc) is 2.33. The summed E-state index contributed by atoms with van der Waals surface area (Å²) in [7, 11) is 1.58. The molecule has 1 atom stereocenters. The number of aromatic nitrogens is 2. The zero-order valence-electron chi connectivity index (χ0n) is 9.07. The normalized spacial score (nSPS) is 20.5. The fourth-order valence-corrected chi connectivity index (χ4v) is 1.95. The zero-order valence-corrected chi connectivity index (χ0v) is 10.7. The van der Waals surface area contributed by atoms with E-state index < -0.39 is 0 Å². The molecule has 16 heavy (non-hydrogen) atoms. The molecule has 1 fully saturated rings. The lowest BCUT2D eigenvalue weighted by Gasteiger charge is -2.23. The molecule has 2 rings (SSSR count). The predicted molar refractivity (Wildman–Crippen MR) is 63.7 cm³/mol. The zero-order chi connectivity index (χ0) is 11.4. The maximum absolute atomic E-state index is 5.38. The molecule has 0 saturated carbocycles. The van der Waals surface area contributed by atoms with Crippen LogP contribution >= 0.6 is 15.9 Å². The van der Waals surface area contributed by atoms with Crippen LogP contribution in [0.15, 0.2) is 10.7 Å². The van der Waals surface area contributed by atoms with Crippen molar-refractivity contribution in [1.29, 1.82) is 0 Å². The van der Waals surface area contributed by atoms with Crippen molar-refractivity contribution in [2.45, 2.75) is 18.9 Å². The van der Waals surface area contributed by atoms with Gasteiger partial charge in [0.2, 0.25) is 11.8 Å². The molecule has 0 bridgehead atoms. The van der Waals surface area contributed by atoms with E-state index in [0.717, 1.165) is 23.9 Å². The number of hydrogen-bond donors (Lipinski definition) is 1. The topological polar surface area (TPSA) is 56.3 Å². The van der Waals surface area contributed by atoms with Gasteiger partial charge in [0.05, 0.1) is 30.4 Å². The summed E-state index contributed by atoms with van der Waals surface area (Å²) in [6.45, 7) is 1.56. The Balaban J connectivity index is 2.03. The molecule has 0 aliphatic carbocycles. The van der Waals surface area contributed by atoms with Gasteiger partial charge < -0.3 is 14.8 Å². The minimum absolute atomic E-state index is 0.291. The second-order valence-electron chi connectivity index (χ2n) is 3.61. The lowest BCUT2D eigenvalue weighted by molar-refractivity contribution is 0.0873. The first-order valence-electron chi connectivity index (χ1n) is 5.20. The van der Waals surface area contributed by atoms with Crippen LogP contribution in [-0.2, 0) is 4.74 Å². The molecule has 1 N–H and O–H groups in total. The predicted octanol–water partition coefficient (Wildman–Crippen LogP) is 1.84. The van der Waals surface area contributed by atoms with Gasteiger partial charge in [-0.2, -0.15) is 4.98 Å². The number of rotatable bonds is 3. The van der Waals surface area contributed by atoms with Crippen molar-refractivity contribution in [3.05, 3.63) is 10.7 Å². The summed E-state index contributed by atoms with van der Waals surface area (Å²) in [6, 6.07) is 0.291. The minimum atomic E-state index is 0.291. The second-order valence-corrected chi connectivity index (χ2v) is 4.46. The largest absolute Gasteiger partial charge is 0.480 e. The van der Waals surface area contributed by atoms with Gasteiger partial charge in [-0.05, 0) is 28.8 Å². The molecule has 0 amide bonds. The summed E-state index contributed by atoms with van der Waals surface area (Å²) in [6.07, 6.45) is 3.84.